The number of carbonyl (C=O) groups excluding carboxylic acids is 1. The van der Waals surface area contributed by atoms with Crippen molar-refractivity contribution in [1.82, 2.24) is 10.3 Å². The Morgan fingerprint density at radius 1 is 1.44 bits per heavy atom. The fourth-order valence-electron chi connectivity index (χ4n) is 2.65. The molecule has 2 aliphatic rings. The molecule has 2 heterocycles. The zero-order chi connectivity index (χ0) is 13.0. The second-order valence-electron chi connectivity index (χ2n) is 5.29. The zero-order valence-electron chi connectivity index (χ0n) is 11.0. The van der Waals surface area contributed by atoms with Gasteiger partial charge in [0, 0.05) is 6.54 Å². The van der Waals surface area contributed by atoms with E-state index in [-0.39, 0.29) is 18.4 Å². The van der Waals surface area contributed by atoms with Crippen molar-refractivity contribution in [3.8, 4) is 0 Å². The van der Waals surface area contributed by atoms with Gasteiger partial charge in [0.2, 0.25) is 5.91 Å². The van der Waals surface area contributed by atoms with E-state index in [1.54, 1.807) is 6.92 Å². The third-order valence-corrected chi connectivity index (χ3v) is 3.54. The van der Waals surface area contributed by atoms with Crippen molar-refractivity contribution < 1.29 is 14.3 Å². The van der Waals surface area contributed by atoms with Gasteiger partial charge in [0.15, 0.2) is 5.79 Å². The summed E-state index contributed by atoms with van der Waals surface area (Å²) in [5.74, 6) is 3.98. The van der Waals surface area contributed by atoms with Crippen molar-refractivity contribution >= 4 is 5.91 Å². The molecule has 0 saturated carbocycles. The van der Waals surface area contributed by atoms with E-state index in [4.69, 9.17) is 15.3 Å². The highest BCUT2D eigenvalue weighted by Crippen LogP contribution is 2.27. The van der Waals surface area contributed by atoms with Crippen molar-refractivity contribution in [3.63, 3.8) is 0 Å². The molecule has 1 amide bonds. The minimum Gasteiger partial charge on any atom is -0.347 e. The third kappa shape index (κ3) is 3.65. The van der Waals surface area contributed by atoms with Crippen LogP contribution in [0.4, 0.5) is 0 Å². The lowest BCUT2D eigenvalue weighted by Gasteiger charge is -2.29. The highest BCUT2D eigenvalue weighted by molar-refractivity contribution is 5.76. The van der Waals surface area contributed by atoms with Gasteiger partial charge in [0.1, 0.15) is 0 Å². The fraction of sp³-hybridized carbons (Fsp3) is 0.917. The largest absolute Gasteiger partial charge is 0.347 e. The van der Waals surface area contributed by atoms with Gasteiger partial charge in [-0.15, -0.1) is 0 Å². The highest BCUT2D eigenvalue weighted by atomic mass is 16.7. The van der Waals surface area contributed by atoms with Crippen molar-refractivity contribution in [2.24, 2.45) is 5.84 Å². The van der Waals surface area contributed by atoms with Gasteiger partial charge in [-0.05, 0) is 32.9 Å². The van der Waals surface area contributed by atoms with Crippen LogP contribution in [0.3, 0.4) is 0 Å². The maximum absolute atomic E-state index is 11.3. The molecule has 0 aliphatic carbocycles. The number of amides is 1. The Kier molecular flexibility index (Phi) is 4.55. The van der Waals surface area contributed by atoms with Gasteiger partial charge >= 0.3 is 0 Å². The number of nitrogens with zero attached hydrogens (tertiary/aromatic N) is 1. The van der Waals surface area contributed by atoms with Crippen molar-refractivity contribution in [2.45, 2.75) is 44.5 Å². The molecule has 2 fully saturated rings. The van der Waals surface area contributed by atoms with E-state index in [0.717, 1.165) is 19.6 Å². The van der Waals surface area contributed by atoms with E-state index in [1.807, 2.05) is 0 Å². The van der Waals surface area contributed by atoms with Crippen molar-refractivity contribution in [2.75, 3.05) is 26.2 Å². The Bertz CT molecular complexity index is 294. The summed E-state index contributed by atoms with van der Waals surface area (Å²) in [5, 5.41) is 0. The molecule has 2 aliphatic heterocycles. The molecule has 2 atom stereocenters. The monoisotopic (exact) mass is 257 g/mol. The maximum Gasteiger partial charge on any atom is 0.239 e. The molecular weight excluding hydrogens is 234 g/mol. The Morgan fingerprint density at radius 2 is 2.17 bits per heavy atom. The third-order valence-electron chi connectivity index (χ3n) is 3.54. The summed E-state index contributed by atoms with van der Waals surface area (Å²) < 4.78 is 11.4. The summed E-state index contributed by atoms with van der Waals surface area (Å²) in [7, 11) is 0. The van der Waals surface area contributed by atoms with Gasteiger partial charge in [0.05, 0.1) is 19.1 Å². The fourth-order valence-corrected chi connectivity index (χ4v) is 2.65. The van der Waals surface area contributed by atoms with Gasteiger partial charge in [0.25, 0.3) is 0 Å². The zero-order valence-corrected chi connectivity index (χ0v) is 11.0. The molecule has 0 radical (unpaired) electrons. The molecule has 2 rings (SSSR count). The van der Waals surface area contributed by atoms with Gasteiger partial charge in [-0.1, -0.05) is 6.42 Å². The number of likely N-dealkylation sites (tertiary alicyclic amines) is 1. The highest BCUT2D eigenvalue weighted by Gasteiger charge is 2.39. The number of carbonyl (C=O) groups is 1. The number of rotatable bonds is 4. The molecule has 0 aromatic carbocycles. The SMILES string of the molecule is C[C@]1(CC(=O)NN)OC[C@@H](CN2CCCCC2)O1. The maximum atomic E-state index is 11.3. The van der Waals surface area contributed by atoms with E-state index in [2.05, 4.69) is 10.3 Å². The van der Waals surface area contributed by atoms with Crippen LogP contribution in [0.25, 0.3) is 0 Å². The van der Waals surface area contributed by atoms with Crippen LogP contribution >= 0.6 is 0 Å². The molecule has 0 aromatic heterocycles. The summed E-state index contributed by atoms with van der Waals surface area (Å²) in [4.78, 5) is 13.7. The van der Waals surface area contributed by atoms with Crippen LogP contribution in [0.2, 0.25) is 0 Å². The van der Waals surface area contributed by atoms with Gasteiger partial charge in [-0.25, -0.2) is 5.84 Å². The standard InChI is InChI=1S/C12H23N3O3/c1-12(7-11(16)14-13)17-9-10(18-12)8-15-5-3-2-4-6-15/h10H,2-9,13H2,1H3,(H,14,16)/t10-,12+/m1/s1. The molecule has 0 unspecified atom stereocenters. The first kappa shape index (κ1) is 13.7. The lowest BCUT2D eigenvalue weighted by molar-refractivity contribution is -0.168. The van der Waals surface area contributed by atoms with Crippen LogP contribution in [0.1, 0.15) is 32.6 Å². The van der Waals surface area contributed by atoms with Crippen LogP contribution in [0, 0.1) is 0 Å². The summed E-state index contributed by atoms with van der Waals surface area (Å²) in [6.45, 7) is 5.50. The Labute approximate surface area is 108 Å². The van der Waals surface area contributed by atoms with Crippen LogP contribution < -0.4 is 11.3 Å². The summed E-state index contributed by atoms with van der Waals surface area (Å²) >= 11 is 0. The Morgan fingerprint density at radius 3 is 2.83 bits per heavy atom. The summed E-state index contributed by atoms with van der Waals surface area (Å²) in [5.41, 5.74) is 2.10. The van der Waals surface area contributed by atoms with Crippen molar-refractivity contribution in [3.05, 3.63) is 0 Å². The number of hydrogen-bond donors (Lipinski definition) is 2. The Hall–Kier alpha value is -0.690. The van der Waals surface area contributed by atoms with Gasteiger partial charge < -0.3 is 14.4 Å². The van der Waals surface area contributed by atoms with Gasteiger partial charge in [-0.3, -0.25) is 10.2 Å². The molecule has 3 N–H and O–H groups in total. The molecule has 0 bridgehead atoms. The number of hydrazine groups is 1. The molecule has 6 heteroatoms. The predicted molar refractivity (Wildman–Crippen MR) is 66.5 cm³/mol. The predicted octanol–water partition coefficient (Wildman–Crippen LogP) is -0.0161. The molecule has 104 valence electrons. The second-order valence-corrected chi connectivity index (χ2v) is 5.29. The number of piperidine rings is 1. The number of nitrogens with one attached hydrogen (secondary N) is 1. The molecule has 0 spiro atoms. The quantitative estimate of drug-likeness (QED) is 0.420. The smallest absolute Gasteiger partial charge is 0.239 e. The van der Waals surface area contributed by atoms with Gasteiger partial charge in [-0.2, -0.15) is 0 Å². The first-order chi connectivity index (χ1) is 8.61. The van der Waals surface area contributed by atoms with E-state index in [0.29, 0.717) is 6.61 Å². The van der Waals surface area contributed by atoms with E-state index >= 15 is 0 Å². The molecular formula is C12H23N3O3. The molecule has 18 heavy (non-hydrogen) atoms. The van der Waals surface area contributed by atoms with Crippen LogP contribution in [0.15, 0.2) is 0 Å². The average molecular weight is 257 g/mol. The minimum absolute atomic E-state index is 0.0543. The second kappa shape index (κ2) is 5.97. The lowest BCUT2D eigenvalue weighted by atomic mass is 10.1. The first-order valence-corrected chi connectivity index (χ1v) is 6.65. The topological polar surface area (TPSA) is 76.8 Å². The minimum atomic E-state index is -0.829. The van der Waals surface area contributed by atoms with E-state index in [1.165, 1.54) is 19.3 Å². The normalized spacial score (nSPS) is 33.6. The van der Waals surface area contributed by atoms with Crippen molar-refractivity contribution in [1.29, 1.82) is 0 Å². The number of nitrogens with two attached hydrogens (primary N) is 1. The number of ether oxygens (including phenoxy) is 2. The number of hydrogen-bond acceptors (Lipinski definition) is 5. The average Bonchev–Trinajstić information content (AvgIpc) is 2.71. The molecule has 6 nitrogen and oxygen atoms in total. The van der Waals surface area contributed by atoms with Crippen LogP contribution in [0.5, 0.6) is 0 Å². The van der Waals surface area contributed by atoms with Crippen LogP contribution in [-0.4, -0.2) is 48.9 Å². The lowest BCUT2D eigenvalue weighted by Crippen LogP contribution is -2.40. The summed E-state index contributed by atoms with van der Waals surface area (Å²) in [6, 6.07) is 0. The molecule has 0 aromatic rings. The molecule has 2 saturated heterocycles. The Balaban J connectivity index is 1.78. The first-order valence-electron chi connectivity index (χ1n) is 6.65. The summed E-state index contributed by atoms with van der Waals surface area (Å²) in [6.07, 6.45) is 4.05. The van der Waals surface area contributed by atoms with E-state index in [9.17, 15) is 4.79 Å². The van der Waals surface area contributed by atoms with E-state index < -0.39 is 5.79 Å². The van der Waals surface area contributed by atoms with Crippen LogP contribution in [-0.2, 0) is 14.3 Å².